The normalized spacial score (nSPS) is 24.9. The summed E-state index contributed by atoms with van der Waals surface area (Å²) in [7, 11) is 0. The van der Waals surface area contributed by atoms with Gasteiger partial charge in [0.05, 0.1) is 6.10 Å². The fourth-order valence-corrected chi connectivity index (χ4v) is 2.67. The number of benzene rings is 1. The summed E-state index contributed by atoms with van der Waals surface area (Å²) >= 11 is 3.30. The van der Waals surface area contributed by atoms with Crippen molar-refractivity contribution in [3.8, 4) is 0 Å². The topological polar surface area (TPSA) is 21.3 Å². The van der Waals surface area contributed by atoms with Crippen molar-refractivity contribution in [2.45, 2.75) is 38.5 Å². The van der Waals surface area contributed by atoms with Crippen LogP contribution in [0.25, 0.3) is 0 Å². The standard InChI is InChI=1S/C13H17BrFNO/c1-9-4-13(2-3-17-9)16-8-10-5-11(14)7-12(15)6-10/h5-7,9,13,16H,2-4,8H2,1H3. The molecule has 2 atom stereocenters. The van der Waals surface area contributed by atoms with Gasteiger partial charge in [0.1, 0.15) is 5.82 Å². The third-order valence-electron chi connectivity index (χ3n) is 3.00. The lowest BCUT2D eigenvalue weighted by atomic mass is 10.0. The van der Waals surface area contributed by atoms with E-state index in [0.29, 0.717) is 18.7 Å². The first kappa shape index (κ1) is 13.0. The molecule has 17 heavy (non-hydrogen) atoms. The molecule has 1 heterocycles. The van der Waals surface area contributed by atoms with Crippen LogP contribution >= 0.6 is 15.9 Å². The molecule has 0 aliphatic carbocycles. The van der Waals surface area contributed by atoms with Gasteiger partial charge in [-0.05, 0) is 43.5 Å². The van der Waals surface area contributed by atoms with Gasteiger partial charge in [-0.1, -0.05) is 15.9 Å². The molecule has 1 aromatic rings. The summed E-state index contributed by atoms with van der Waals surface area (Å²) < 4.78 is 19.5. The molecule has 0 amide bonds. The Morgan fingerprint density at radius 2 is 2.29 bits per heavy atom. The molecule has 0 radical (unpaired) electrons. The second-order valence-corrected chi connectivity index (χ2v) is 5.48. The van der Waals surface area contributed by atoms with Gasteiger partial charge in [0, 0.05) is 23.7 Å². The molecule has 2 unspecified atom stereocenters. The summed E-state index contributed by atoms with van der Waals surface area (Å²) in [6.45, 7) is 3.60. The minimum Gasteiger partial charge on any atom is -0.378 e. The van der Waals surface area contributed by atoms with E-state index in [1.807, 2.05) is 6.07 Å². The highest BCUT2D eigenvalue weighted by Crippen LogP contribution is 2.17. The first-order chi connectivity index (χ1) is 8.13. The Morgan fingerprint density at radius 3 is 3.00 bits per heavy atom. The largest absolute Gasteiger partial charge is 0.378 e. The van der Waals surface area contributed by atoms with Crippen LogP contribution in [0.3, 0.4) is 0 Å². The number of hydrogen-bond donors (Lipinski definition) is 1. The van der Waals surface area contributed by atoms with Crippen molar-refractivity contribution in [3.05, 3.63) is 34.1 Å². The highest BCUT2D eigenvalue weighted by atomic mass is 79.9. The molecule has 0 aromatic heterocycles. The second kappa shape index (κ2) is 5.94. The van der Waals surface area contributed by atoms with Crippen molar-refractivity contribution >= 4 is 15.9 Å². The molecule has 0 saturated carbocycles. The molecule has 1 aliphatic rings. The van der Waals surface area contributed by atoms with Gasteiger partial charge in [-0.25, -0.2) is 4.39 Å². The summed E-state index contributed by atoms with van der Waals surface area (Å²) in [5, 5.41) is 3.46. The van der Waals surface area contributed by atoms with E-state index in [9.17, 15) is 4.39 Å². The van der Waals surface area contributed by atoms with Crippen molar-refractivity contribution in [3.63, 3.8) is 0 Å². The Bertz CT molecular complexity index is 365. The summed E-state index contributed by atoms with van der Waals surface area (Å²) in [5.41, 5.74) is 0.969. The van der Waals surface area contributed by atoms with Crippen molar-refractivity contribution < 1.29 is 9.13 Å². The predicted octanol–water partition coefficient (Wildman–Crippen LogP) is 3.25. The molecule has 1 saturated heterocycles. The van der Waals surface area contributed by atoms with Crippen LogP contribution in [0.1, 0.15) is 25.3 Å². The zero-order chi connectivity index (χ0) is 12.3. The first-order valence-electron chi connectivity index (χ1n) is 5.93. The molecule has 2 rings (SSSR count). The van der Waals surface area contributed by atoms with Gasteiger partial charge in [0.2, 0.25) is 0 Å². The number of hydrogen-bond acceptors (Lipinski definition) is 2. The van der Waals surface area contributed by atoms with Crippen molar-refractivity contribution in [1.82, 2.24) is 5.32 Å². The first-order valence-corrected chi connectivity index (χ1v) is 6.73. The van der Waals surface area contributed by atoms with Crippen LogP contribution in [-0.4, -0.2) is 18.8 Å². The quantitative estimate of drug-likeness (QED) is 0.925. The molecular formula is C13H17BrFNO. The average molecular weight is 302 g/mol. The van der Waals surface area contributed by atoms with Crippen LogP contribution in [0.15, 0.2) is 22.7 Å². The smallest absolute Gasteiger partial charge is 0.124 e. The molecule has 4 heteroatoms. The van der Waals surface area contributed by atoms with Crippen LogP contribution in [0.2, 0.25) is 0 Å². The monoisotopic (exact) mass is 301 g/mol. The summed E-state index contributed by atoms with van der Waals surface area (Å²) in [6, 6.07) is 5.46. The summed E-state index contributed by atoms with van der Waals surface area (Å²) in [4.78, 5) is 0. The molecule has 0 spiro atoms. The van der Waals surface area contributed by atoms with Gasteiger partial charge in [0.25, 0.3) is 0 Å². The lowest BCUT2D eigenvalue weighted by Gasteiger charge is -2.28. The number of ether oxygens (including phenoxy) is 1. The maximum Gasteiger partial charge on any atom is 0.124 e. The number of halogens is 2. The maximum absolute atomic E-state index is 13.2. The van der Waals surface area contributed by atoms with E-state index < -0.39 is 0 Å². The Balaban J connectivity index is 1.88. The van der Waals surface area contributed by atoms with Crippen LogP contribution in [0.4, 0.5) is 4.39 Å². The Labute approximate surface area is 110 Å². The molecular weight excluding hydrogens is 285 g/mol. The van der Waals surface area contributed by atoms with Gasteiger partial charge in [-0.15, -0.1) is 0 Å². The maximum atomic E-state index is 13.2. The zero-order valence-corrected chi connectivity index (χ0v) is 11.5. The van der Waals surface area contributed by atoms with Gasteiger partial charge in [0.15, 0.2) is 0 Å². The SMILES string of the molecule is CC1CC(NCc2cc(F)cc(Br)c2)CCO1. The Morgan fingerprint density at radius 1 is 1.47 bits per heavy atom. The molecule has 1 fully saturated rings. The van der Waals surface area contributed by atoms with Crippen LogP contribution in [0.5, 0.6) is 0 Å². The second-order valence-electron chi connectivity index (χ2n) is 4.56. The van der Waals surface area contributed by atoms with E-state index in [2.05, 4.69) is 28.2 Å². The van der Waals surface area contributed by atoms with Gasteiger partial charge in [-0.2, -0.15) is 0 Å². The van der Waals surface area contributed by atoms with E-state index in [4.69, 9.17) is 4.74 Å². The fraction of sp³-hybridized carbons (Fsp3) is 0.538. The van der Waals surface area contributed by atoms with Crippen LogP contribution in [-0.2, 0) is 11.3 Å². The van der Waals surface area contributed by atoms with Crippen LogP contribution in [0, 0.1) is 5.82 Å². The van der Waals surface area contributed by atoms with E-state index in [0.717, 1.165) is 29.5 Å². The predicted molar refractivity (Wildman–Crippen MR) is 69.4 cm³/mol. The molecule has 1 N–H and O–H groups in total. The summed E-state index contributed by atoms with van der Waals surface area (Å²) in [6.07, 6.45) is 2.37. The molecule has 0 bridgehead atoms. The zero-order valence-electron chi connectivity index (χ0n) is 9.88. The fourth-order valence-electron chi connectivity index (χ4n) is 2.16. The Hall–Kier alpha value is -0.450. The number of rotatable bonds is 3. The highest BCUT2D eigenvalue weighted by Gasteiger charge is 2.18. The average Bonchev–Trinajstić information content (AvgIpc) is 2.25. The molecule has 2 nitrogen and oxygen atoms in total. The van der Waals surface area contributed by atoms with E-state index in [1.165, 1.54) is 6.07 Å². The van der Waals surface area contributed by atoms with E-state index in [1.54, 1.807) is 6.07 Å². The summed E-state index contributed by atoms with van der Waals surface area (Å²) in [5.74, 6) is -0.198. The minimum atomic E-state index is -0.198. The highest BCUT2D eigenvalue weighted by molar-refractivity contribution is 9.10. The minimum absolute atomic E-state index is 0.198. The van der Waals surface area contributed by atoms with E-state index >= 15 is 0 Å². The lowest BCUT2D eigenvalue weighted by molar-refractivity contribution is 0.0130. The van der Waals surface area contributed by atoms with Gasteiger partial charge in [-0.3, -0.25) is 0 Å². The third kappa shape index (κ3) is 4.05. The van der Waals surface area contributed by atoms with Crippen molar-refractivity contribution in [2.24, 2.45) is 0 Å². The molecule has 1 aromatic carbocycles. The molecule has 1 aliphatic heterocycles. The van der Waals surface area contributed by atoms with Gasteiger partial charge < -0.3 is 10.1 Å². The van der Waals surface area contributed by atoms with Crippen LogP contribution < -0.4 is 5.32 Å². The third-order valence-corrected chi connectivity index (χ3v) is 3.46. The Kier molecular flexibility index (Phi) is 4.54. The lowest BCUT2D eigenvalue weighted by Crippen LogP contribution is -2.37. The van der Waals surface area contributed by atoms with E-state index in [-0.39, 0.29) is 5.82 Å². The molecule has 94 valence electrons. The van der Waals surface area contributed by atoms with Gasteiger partial charge >= 0.3 is 0 Å². The number of nitrogens with one attached hydrogen (secondary N) is 1. The van der Waals surface area contributed by atoms with Crippen molar-refractivity contribution in [2.75, 3.05) is 6.61 Å². The van der Waals surface area contributed by atoms with Crippen molar-refractivity contribution in [1.29, 1.82) is 0 Å².